The van der Waals surface area contributed by atoms with Crippen LogP contribution in [0.4, 0.5) is 0 Å². The van der Waals surface area contributed by atoms with Crippen LogP contribution < -0.4 is 0 Å². The average molecular weight is 287 g/mol. The molecule has 3 rings (SSSR count). The summed E-state index contributed by atoms with van der Waals surface area (Å²) in [7, 11) is 0. The summed E-state index contributed by atoms with van der Waals surface area (Å²) >= 11 is 0. The van der Waals surface area contributed by atoms with Gasteiger partial charge in [0.2, 0.25) is 0 Å². The molecule has 4 atom stereocenters. The molecule has 21 heavy (non-hydrogen) atoms. The number of carbonyl (C=O) groups is 1. The third-order valence-corrected chi connectivity index (χ3v) is 5.38. The maximum atomic E-state index is 11.7. The number of likely N-dealkylation sites (tertiary alicyclic amines) is 1. The highest BCUT2D eigenvalue weighted by Gasteiger charge is 2.43. The zero-order valence-corrected chi connectivity index (χ0v) is 12.7. The molecular formula is C18H25NO2. The molecule has 2 fully saturated rings. The molecule has 3 heteroatoms. The molecular weight excluding hydrogens is 262 g/mol. The Morgan fingerprint density at radius 3 is 2.57 bits per heavy atom. The Labute approximate surface area is 127 Å². The van der Waals surface area contributed by atoms with Crippen LogP contribution in [-0.4, -0.2) is 34.6 Å². The highest BCUT2D eigenvalue weighted by atomic mass is 16.4. The summed E-state index contributed by atoms with van der Waals surface area (Å²) in [5.74, 6) is 0.116. The van der Waals surface area contributed by atoms with Gasteiger partial charge in [0.1, 0.15) is 6.04 Å². The summed E-state index contributed by atoms with van der Waals surface area (Å²) in [6.45, 7) is 3.02. The molecule has 1 aromatic rings. The Hall–Kier alpha value is -1.35. The van der Waals surface area contributed by atoms with Gasteiger partial charge in [0.05, 0.1) is 0 Å². The number of carboxylic acid groups (broad SMARTS) is 1. The second-order valence-electron chi connectivity index (χ2n) is 6.66. The van der Waals surface area contributed by atoms with Crippen LogP contribution in [0.3, 0.4) is 0 Å². The molecule has 114 valence electrons. The van der Waals surface area contributed by atoms with Crippen molar-refractivity contribution >= 4 is 5.97 Å². The van der Waals surface area contributed by atoms with Crippen molar-refractivity contribution in [3.8, 4) is 0 Å². The fourth-order valence-electron chi connectivity index (χ4n) is 4.33. The van der Waals surface area contributed by atoms with Crippen LogP contribution in [0.15, 0.2) is 30.3 Å². The summed E-state index contributed by atoms with van der Waals surface area (Å²) in [5, 5.41) is 9.60. The van der Waals surface area contributed by atoms with E-state index in [2.05, 4.69) is 42.2 Å². The molecule has 1 aliphatic carbocycles. The first-order chi connectivity index (χ1) is 10.2. The average Bonchev–Trinajstić information content (AvgIpc) is 2.90. The Balaban J connectivity index is 1.86. The first-order valence-corrected chi connectivity index (χ1v) is 8.22. The molecule has 1 saturated heterocycles. The van der Waals surface area contributed by atoms with Crippen LogP contribution in [-0.2, 0) is 4.79 Å². The lowest BCUT2D eigenvalue weighted by atomic mass is 9.79. The van der Waals surface area contributed by atoms with E-state index in [1.54, 1.807) is 0 Å². The quantitative estimate of drug-likeness (QED) is 0.925. The maximum absolute atomic E-state index is 11.7. The topological polar surface area (TPSA) is 40.5 Å². The highest BCUT2D eigenvalue weighted by molar-refractivity contribution is 5.74. The Morgan fingerprint density at radius 2 is 1.86 bits per heavy atom. The van der Waals surface area contributed by atoms with Gasteiger partial charge in [-0.3, -0.25) is 9.69 Å². The van der Waals surface area contributed by atoms with Gasteiger partial charge in [0, 0.05) is 6.04 Å². The summed E-state index contributed by atoms with van der Waals surface area (Å²) in [5.41, 5.74) is 1.38. The second-order valence-corrected chi connectivity index (χ2v) is 6.66. The van der Waals surface area contributed by atoms with Crippen molar-refractivity contribution in [2.45, 2.75) is 57.0 Å². The van der Waals surface area contributed by atoms with E-state index >= 15 is 0 Å². The summed E-state index contributed by atoms with van der Waals surface area (Å²) in [4.78, 5) is 14.0. The van der Waals surface area contributed by atoms with Gasteiger partial charge in [0.25, 0.3) is 0 Å². The minimum absolute atomic E-state index is 0.265. The number of hydrogen-bond donors (Lipinski definition) is 1. The third kappa shape index (κ3) is 2.84. The monoisotopic (exact) mass is 287 g/mol. The minimum atomic E-state index is -0.641. The second kappa shape index (κ2) is 6.18. The van der Waals surface area contributed by atoms with Gasteiger partial charge in [0.15, 0.2) is 0 Å². The predicted molar refractivity (Wildman–Crippen MR) is 83.3 cm³/mol. The number of hydrogen-bond acceptors (Lipinski definition) is 2. The van der Waals surface area contributed by atoms with Crippen LogP contribution >= 0.6 is 0 Å². The lowest BCUT2D eigenvalue weighted by Gasteiger charge is -2.40. The molecule has 0 spiro atoms. The summed E-state index contributed by atoms with van der Waals surface area (Å²) in [6, 6.07) is 10.8. The first kappa shape index (κ1) is 14.6. The van der Waals surface area contributed by atoms with E-state index in [-0.39, 0.29) is 12.0 Å². The van der Waals surface area contributed by atoms with Crippen molar-refractivity contribution < 1.29 is 9.90 Å². The molecule has 2 aliphatic rings. The molecule has 1 N–H and O–H groups in total. The number of nitrogens with zero attached hydrogens (tertiary/aromatic N) is 1. The van der Waals surface area contributed by atoms with Crippen molar-refractivity contribution in [2.24, 2.45) is 5.92 Å². The van der Waals surface area contributed by atoms with Crippen LogP contribution in [0.2, 0.25) is 0 Å². The van der Waals surface area contributed by atoms with Gasteiger partial charge in [-0.15, -0.1) is 0 Å². The number of aliphatic carboxylic acids is 1. The molecule has 0 radical (unpaired) electrons. The van der Waals surface area contributed by atoms with E-state index in [0.717, 1.165) is 19.4 Å². The summed E-state index contributed by atoms with van der Waals surface area (Å²) in [6.07, 6.45) is 5.82. The Kier molecular flexibility index (Phi) is 4.29. The van der Waals surface area contributed by atoms with Crippen molar-refractivity contribution in [1.29, 1.82) is 0 Å². The van der Waals surface area contributed by atoms with E-state index in [1.807, 2.05) is 0 Å². The molecule has 0 bridgehead atoms. The fourth-order valence-corrected chi connectivity index (χ4v) is 4.33. The smallest absolute Gasteiger partial charge is 0.321 e. The number of carboxylic acids is 1. The van der Waals surface area contributed by atoms with Crippen molar-refractivity contribution in [2.75, 3.05) is 6.54 Å². The molecule has 1 aliphatic heterocycles. The van der Waals surface area contributed by atoms with Gasteiger partial charge in [-0.1, -0.05) is 50.1 Å². The summed E-state index contributed by atoms with van der Waals surface area (Å²) < 4.78 is 0. The van der Waals surface area contributed by atoms with Gasteiger partial charge in [-0.05, 0) is 43.2 Å². The largest absolute Gasteiger partial charge is 0.480 e. The maximum Gasteiger partial charge on any atom is 0.321 e. The number of rotatable bonds is 3. The lowest BCUT2D eigenvalue weighted by molar-refractivity contribution is -0.144. The SMILES string of the molecule is CC1CCN(C2CCCCC2c2ccccc2)C1C(=O)O. The molecule has 1 aromatic carbocycles. The van der Waals surface area contributed by atoms with E-state index in [1.165, 1.54) is 24.8 Å². The normalized spacial score (nSPS) is 34.0. The number of benzene rings is 1. The van der Waals surface area contributed by atoms with Crippen LogP contribution in [0.5, 0.6) is 0 Å². The zero-order chi connectivity index (χ0) is 14.8. The standard InChI is InChI=1S/C18H25NO2/c1-13-11-12-19(17(13)18(20)21)16-10-6-5-9-15(16)14-7-3-2-4-8-14/h2-4,7-8,13,15-17H,5-6,9-12H2,1H3,(H,20,21). The van der Waals surface area contributed by atoms with Crippen molar-refractivity contribution in [3.05, 3.63) is 35.9 Å². The zero-order valence-electron chi connectivity index (χ0n) is 12.7. The lowest BCUT2D eigenvalue weighted by Crippen LogP contribution is -2.48. The van der Waals surface area contributed by atoms with Crippen LogP contribution in [0.25, 0.3) is 0 Å². The fraction of sp³-hybridized carbons (Fsp3) is 0.611. The molecule has 1 saturated carbocycles. The predicted octanol–water partition coefficient (Wildman–Crippen LogP) is 3.51. The van der Waals surface area contributed by atoms with Crippen LogP contribution in [0.1, 0.15) is 50.5 Å². The van der Waals surface area contributed by atoms with Crippen molar-refractivity contribution in [1.82, 2.24) is 4.90 Å². The van der Waals surface area contributed by atoms with E-state index in [0.29, 0.717) is 12.0 Å². The molecule has 4 unspecified atom stereocenters. The molecule has 0 amide bonds. The van der Waals surface area contributed by atoms with Gasteiger partial charge in [-0.25, -0.2) is 0 Å². The molecule has 0 aromatic heterocycles. The van der Waals surface area contributed by atoms with E-state index in [9.17, 15) is 9.90 Å². The Bertz CT molecular complexity index is 487. The minimum Gasteiger partial charge on any atom is -0.480 e. The highest BCUT2D eigenvalue weighted by Crippen LogP contribution is 2.40. The van der Waals surface area contributed by atoms with Gasteiger partial charge in [-0.2, -0.15) is 0 Å². The van der Waals surface area contributed by atoms with Gasteiger partial charge >= 0.3 is 5.97 Å². The van der Waals surface area contributed by atoms with Crippen molar-refractivity contribution in [3.63, 3.8) is 0 Å². The molecule has 1 heterocycles. The van der Waals surface area contributed by atoms with E-state index < -0.39 is 5.97 Å². The van der Waals surface area contributed by atoms with Gasteiger partial charge < -0.3 is 5.11 Å². The third-order valence-electron chi connectivity index (χ3n) is 5.38. The Morgan fingerprint density at radius 1 is 1.14 bits per heavy atom. The first-order valence-electron chi connectivity index (χ1n) is 8.22. The van der Waals surface area contributed by atoms with E-state index in [4.69, 9.17) is 0 Å². The van der Waals surface area contributed by atoms with Crippen LogP contribution in [0, 0.1) is 5.92 Å². The molecule has 3 nitrogen and oxygen atoms in total.